The van der Waals surface area contributed by atoms with E-state index in [1.54, 1.807) is 23.2 Å². The number of carbonyl (C=O) groups excluding carboxylic acids is 2. The number of nitrogens with zero attached hydrogens (tertiary/aromatic N) is 3. The molecule has 172 valence electrons. The number of halogens is 2. The van der Waals surface area contributed by atoms with Gasteiger partial charge in [0.25, 0.3) is 11.8 Å². The van der Waals surface area contributed by atoms with E-state index in [1.807, 2.05) is 41.1 Å². The Morgan fingerprint density at radius 2 is 1.74 bits per heavy atom. The second-order valence-corrected chi connectivity index (χ2v) is 8.43. The van der Waals surface area contributed by atoms with Gasteiger partial charge in [-0.3, -0.25) is 9.59 Å². The summed E-state index contributed by atoms with van der Waals surface area (Å²) in [5, 5.41) is 2.92. The zero-order valence-corrected chi connectivity index (χ0v) is 18.2. The normalized spacial score (nSPS) is 15.6. The van der Waals surface area contributed by atoms with Gasteiger partial charge < -0.3 is 14.6 Å². The van der Waals surface area contributed by atoms with Crippen LogP contribution in [-0.2, 0) is 6.54 Å². The number of carbonyl (C=O) groups is 2. The van der Waals surface area contributed by atoms with Crippen LogP contribution in [0.2, 0.25) is 0 Å². The van der Waals surface area contributed by atoms with Gasteiger partial charge in [0.05, 0.1) is 0 Å². The number of fused-ring (bicyclic) bond motifs is 1. The standard InChI is InChI=1S/C26H22F2N4O2/c27-22-12-21(13-23(28)14-22)26(34)32-9-6-20(16-32)18-1-3-19(4-2-18)25(33)30-15-17-5-8-31-10-7-29-24(31)11-17/h1-5,7-8,10-14,20H,6,9,15-16H2,(H,30,33). The van der Waals surface area contributed by atoms with E-state index in [2.05, 4.69) is 10.3 Å². The first-order valence-electron chi connectivity index (χ1n) is 11.0. The fraction of sp³-hybridized carbons (Fsp3) is 0.192. The first-order chi connectivity index (χ1) is 16.5. The highest BCUT2D eigenvalue weighted by Crippen LogP contribution is 2.28. The lowest BCUT2D eigenvalue weighted by atomic mass is 9.97. The summed E-state index contributed by atoms with van der Waals surface area (Å²) in [7, 11) is 0. The summed E-state index contributed by atoms with van der Waals surface area (Å²) < 4.78 is 28.8. The lowest BCUT2D eigenvalue weighted by molar-refractivity contribution is 0.0789. The van der Waals surface area contributed by atoms with Gasteiger partial charge in [0.15, 0.2) is 0 Å². The van der Waals surface area contributed by atoms with Crippen molar-refractivity contribution < 1.29 is 18.4 Å². The smallest absolute Gasteiger partial charge is 0.254 e. The number of benzene rings is 2. The van der Waals surface area contributed by atoms with Crippen molar-refractivity contribution in [3.63, 3.8) is 0 Å². The molecule has 5 rings (SSSR count). The third kappa shape index (κ3) is 4.52. The second-order valence-electron chi connectivity index (χ2n) is 8.43. The minimum atomic E-state index is -0.768. The Balaban J connectivity index is 1.19. The van der Waals surface area contributed by atoms with Gasteiger partial charge in [0, 0.05) is 61.3 Å². The summed E-state index contributed by atoms with van der Waals surface area (Å²) in [6, 6.07) is 14.1. The molecule has 0 radical (unpaired) electrons. The van der Waals surface area contributed by atoms with Crippen LogP contribution in [0.4, 0.5) is 8.78 Å². The molecule has 4 aromatic rings. The molecule has 1 aliphatic rings. The lowest BCUT2D eigenvalue weighted by Gasteiger charge is -2.17. The summed E-state index contributed by atoms with van der Waals surface area (Å²) in [6.07, 6.45) is 6.23. The van der Waals surface area contributed by atoms with E-state index < -0.39 is 11.6 Å². The molecule has 2 aromatic heterocycles. The number of hydrogen-bond donors (Lipinski definition) is 1. The van der Waals surface area contributed by atoms with Crippen LogP contribution in [0.1, 0.15) is 44.2 Å². The van der Waals surface area contributed by atoms with Gasteiger partial charge in [0.2, 0.25) is 0 Å². The van der Waals surface area contributed by atoms with Gasteiger partial charge in [-0.25, -0.2) is 13.8 Å². The van der Waals surface area contributed by atoms with Crippen molar-refractivity contribution in [3.05, 3.63) is 107 Å². The SMILES string of the molecule is O=C(NCc1ccn2ccnc2c1)c1ccc(C2CCN(C(=O)c3cc(F)cc(F)c3)C2)cc1. The number of pyridine rings is 1. The van der Waals surface area contributed by atoms with E-state index >= 15 is 0 Å². The van der Waals surface area contributed by atoms with Crippen LogP contribution in [0, 0.1) is 11.6 Å². The van der Waals surface area contributed by atoms with Crippen LogP contribution < -0.4 is 5.32 Å². The molecule has 34 heavy (non-hydrogen) atoms. The number of hydrogen-bond acceptors (Lipinski definition) is 3. The molecule has 0 saturated carbocycles. The first kappa shape index (κ1) is 21.8. The van der Waals surface area contributed by atoms with Crippen LogP contribution in [0.15, 0.2) is 73.2 Å². The Hall–Kier alpha value is -4.07. The maximum Gasteiger partial charge on any atom is 0.254 e. The third-order valence-electron chi connectivity index (χ3n) is 6.14. The molecule has 1 aliphatic heterocycles. The summed E-state index contributed by atoms with van der Waals surface area (Å²) >= 11 is 0. The fourth-order valence-corrected chi connectivity index (χ4v) is 4.33. The zero-order valence-electron chi connectivity index (χ0n) is 18.2. The molecular weight excluding hydrogens is 438 g/mol. The maximum absolute atomic E-state index is 13.5. The highest BCUT2D eigenvalue weighted by molar-refractivity contribution is 5.95. The quantitative estimate of drug-likeness (QED) is 0.486. The molecule has 1 fully saturated rings. The Morgan fingerprint density at radius 1 is 0.971 bits per heavy atom. The van der Waals surface area contributed by atoms with Crippen molar-refractivity contribution in [2.45, 2.75) is 18.9 Å². The van der Waals surface area contributed by atoms with E-state index in [0.717, 1.165) is 41.4 Å². The minimum absolute atomic E-state index is 0.0112. The number of amides is 2. The van der Waals surface area contributed by atoms with Crippen LogP contribution in [0.5, 0.6) is 0 Å². The number of aromatic nitrogens is 2. The van der Waals surface area contributed by atoms with Crippen molar-refractivity contribution in [1.29, 1.82) is 0 Å². The van der Waals surface area contributed by atoms with Gasteiger partial charge in [0.1, 0.15) is 17.3 Å². The average molecular weight is 460 g/mol. The van der Waals surface area contributed by atoms with Crippen LogP contribution in [0.25, 0.3) is 5.65 Å². The molecule has 0 aliphatic carbocycles. The molecule has 1 atom stereocenters. The highest BCUT2D eigenvalue weighted by Gasteiger charge is 2.28. The molecule has 3 heterocycles. The molecule has 2 aromatic carbocycles. The Kier molecular flexibility index (Phi) is 5.79. The van der Waals surface area contributed by atoms with Crippen molar-refractivity contribution in [2.24, 2.45) is 0 Å². The molecule has 0 spiro atoms. The van der Waals surface area contributed by atoms with E-state index in [1.165, 1.54) is 0 Å². The molecule has 6 nitrogen and oxygen atoms in total. The van der Waals surface area contributed by atoms with E-state index in [-0.39, 0.29) is 23.3 Å². The van der Waals surface area contributed by atoms with Crippen LogP contribution >= 0.6 is 0 Å². The van der Waals surface area contributed by atoms with Gasteiger partial charge in [-0.1, -0.05) is 12.1 Å². The van der Waals surface area contributed by atoms with Crippen molar-refractivity contribution in [3.8, 4) is 0 Å². The van der Waals surface area contributed by atoms with E-state index in [4.69, 9.17) is 0 Å². The minimum Gasteiger partial charge on any atom is -0.348 e. The van der Waals surface area contributed by atoms with Gasteiger partial charge in [-0.2, -0.15) is 0 Å². The van der Waals surface area contributed by atoms with Gasteiger partial charge >= 0.3 is 0 Å². The Bertz CT molecular complexity index is 1350. The monoisotopic (exact) mass is 460 g/mol. The highest BCUT2D eigenvalue weighted by atomic mass is 19.1. The van der Waals surface area contributed by atoms with Gasteiger partial charge in [-0.15, -0.1) is 0 Å². The van der Waals surface area contributed by atoms with Crippen LogP contribution in [0.3, 0.4) is 0 Å². The van der Waals surface area contributed by atoms with Gasteiger partial charge in [-0.05, 0) is 53.9 Å². The summed E-state index contributed by atoms with van der Waals surface area (Å²) in [4.78, 5) is 31.1. The molecule has 0 bridgehead atoms. The van der Waals surface area contributed by atoms with Crippen LogP contribution in [-0.4, -0.2) is 39.2 Å². The number of nitrogens with one attached hydrogen (secondary N) is 1. The second kappa shape index (κ2) is 9.05. The molecule has 8 heteroatoms. The predicted octanol–water partition coefficient (Wildman–Crippen LogP) is 4.17. The van der Waals surface area contributed by atoms with Crippen molar-refractivity contribution in [1.82, 2.24) is 19.6 Å². The Morgan fingerprint density at radius 3 is 2.50 bits per heavy atom. The lowest BCUT2D eigenvalue weighted by Crippen LogP contribution is -2.28. The molecular formula is C26H22F2N4O2. The number of rotatable bonds is 5. The largest absolute Gasteiger partial charge is 0.348 e. The molecule has 1 saturated heterocycles. The molecule has 1 unspecified atom stereocenters. The fourth-order valence-electron chi connectivity index (χ4n) is 4.33. The third-order valence-corrected chi connectivity index (χ3v) is 6.14. The van der Waals surface area contributed by atoms with Crippen molar-refractivity contribution >= 4 is 17.5 Å². The number of imidazole rings is 1. The van der Waals surface area contributed by atoms with E-state index in [9.17, 15) is 18.4 Å². The molecule has 2 amide bonds. The summed E-state index contributed by atoms with van der Waals surface area (Å²) in [5.74, 6) is -2.00. The topological polar surface area (TPSA) is 66.7 Å². The average Bonchev–Trinajstić information content (AvgIpc) is 3.51. The predicted molar refractivity (Wildman–Crippen MR) is 122 cm³/mol. The Labute approximate surface area is 194 Å². The molecule has 1 N–H and O–H groups in total. The van der Waals surface area contributed by atoms with Crippen molar-refractivity contribution in [2.75, 3.05) is 13.1 Å². The number of likely N-dealkylation sites (tertiary alicyclic amines) is 1. The summed E-state index contributed by atoms with van der Waals surface area (Å²) in [5.41, 5.74) is 3.35. The maximum atomic E-state index is 13.5. The first-order valence-corrected chi connectivity index (χ1v) is 11.0. The van der Waals surface area contributed by atoms with E-state index in [0.29, 0.717) is 25.2 Å². The summed E-state index contributed by atoms with van der Waals surface area (Å²) in [6.45, 7) is 1.35. The zero-order chi connectivity index (χ0) is 23.7.